The van der Waals surface area contributed by atoms with Crippen molar-refractivity contribution in [1.29, 1.82) is 0 Å². The molecule has 1 N–H and O–H groups in total. The highest BCUT2D eigenvalue weighted by atomic mass is 32.2. The van der Waals surface area contributed by atoms with Crippen LogP contribution in [0.3, 0.4) is 0 Å². The fraction of sp³-hybridized carbons (Fsp3) is 0.294. The van der Waals surface area contributed by atoms with E-state index in [4.69, 9.17) is 0 Å². The molecule has 0 fully saturated rings. The lowest BCUT2D eigenvalue weighted by molar-refractivity contribution is -0.141. The van der Waals surface area contributed by atoms with Crippen molar-refractivity contribution < 1.29 is 22.4 Å². The quantitative estimate of drug-likeness (QED) is 0.196. The van der Waals surface area contributed by atoms with Crippen molar-refractivity contribution in [2.45, 2.75) is 56.5 Å². The summed E-state index contributed by atoms with van der Waals surface area (Å²) >= 11 is 0. The molecule has 4 aromatic rings. The molecule has 1 heterocycles. The van der Waals surface area contributed by atoms with Crippen LogP contribution in [0.25, 0.3) is 10.8 Å². The third kappa shape index (κ3) is 6.57. The summed E-state index contributed by atoms with van der Waals surface area (Å²) in [4.78, 5) is 29.2. The van der Waals surface area contributed by atoms with Crippen LogP contribution in [-0.2, 0) is 32.6 Å². The van der Waals surface area contributed by atoms with Gasteiger partial charge in [0.1, 0.15) is 11.9 Å². The van der Waals surface area contributed by atoms with E-state index >= 15 is 0 Å². The van der Waals surface area contributed by atoms with E-state index in [2.05, 4.69) is 5.32 Å². The second kappa shape index (κ2) is 13.4. The number of halogens is 1. The van der Waals surface area contributed by atoms with E-state index in [9.17, 15) is 22.4 Å². The monoisotopic (exact) mass is 601 g/mol. The van der Waals surface area contributed by atoms with Gasteiger partial charge >= 0.3 is 0 Å². The number of benzene rings is 4. The van der Waals surface area contributed by atoms with Gasteiger partial charge in [-0.2, -0.15) is 0 Å². The van der Waals surface area contributed by atoms with Crippen molar-refractivity contribution in [3.8, 4) is 0 Å². The zero-order valence-electron chi connectivity index (χ0n) is 24.2. The maximum absolute atomic E-state index is 14.8. The van der Waals surface area contributed by atoms with Gasteiger partial charge < -0.3 is 10.2 Å². The van der Waals surface area contributed by atoms with Crippen LogP contribution in [0, 0.1) is 5.82 Å². The van der Waals surface area contributed by atoms with Crippen LogP contribution in [0.15, 0.2) is 95.9 Å². The molecule has 0 saturated carbocycles. The molecule has 1 aliphatic rings. The molecule has 0 spiro atoms. The third-order valence-electron chi connectivity index (χ3n) is 7.83. The van der Waals surface area contributed by atoms with Crippen LogP contribution >= 0.6 is 0 Å². The lowest BCUT2D eigenvalue weighted by Crippen LogP contribution is -2.50. The molecular weight excluding hydrogens is 565 g/mol. The standard InChI is InChI=1S/C34H36FN3O4S/c1-2-3-21-36-34(40)30(23-25-12-5-4-6-13-25)37(24-27-14-7-8-17-28(27)35)32(39)20-11-22-38-29-18-9-15-26-16-10-19-31(33(26)29)43(38,41)42/h4-10,12-19,30H,2-3,11,20-24H2,1H3,(H,36,40). The van der Waals surface area contributed by atoms with E-state index in [0.29, 0.717) is 23.2 Å². The van der Waals surface area contributed by atoms with Crippen molar-refractivity contribution in [1.82, 2.24) is 10.2 Å². The first-order chi connectivity index (χ1) is 20.8. The van der Waals surface area contributed by atoms with Crippen molar-refractivity contribution >= 4 is 38.3 Å². The zero-order valence-corrected chi connectivity index (χ0v) is 25.0. The van der Waals surface area contributed by atoms with Gasteiger partial charge in [0.05, 0.1) is 10.6 Å². The number of nitrogens with zero attached hydrogens (tertiary/aromatic N) is 2. The van der Waals surface area contributed by atoms with E-state index in [0.717, 1.165) is 23.8 Å². The highest BCUT2D eigenvalue weighted by molar-refractivity contribution is 7.93. The second-order valence-electron chi connectivity index (χ2n) is 10.8. The molecule has 2 amide bonds. The van der Waals surface area contributed by atoms with E-state index in [1.54, 1.807) is 36.4 Å². The average Bonchev–Trinajstić information content (AvgIpc) is 3.23. The Balaban J connectivity index is 1.39. The summed E-state index contributed by atoms with van der Waals surface area (Å²) in [5.41, 5.74) is 1.78. The average molecular weight is 602 g/mol. The number of amides is 2. The van der Waals surface area contributed by atoms with Crippen molar-refractivity contribution in [3.05, 3.63) is 108 Å². The molecular formula is C34H36FN3O4S. The normalized spacial score (nSPS) is 14.0. The van der Waals surface area contributed by atoms with Gasteiger partial charge in [0.2, 0.25) is 11.8 Å². The molecule has 1 atom stereocenters. The Kier molecular flexibility index (Phi) is 9.40. The Morgan fingerprint density at radius 1 is 0.907 bits per heavy atom. The minimum absolute atomic E-state index is 0.0136. The first-order valence-electron chi connectivity index (χ1n) is 14.7. The van der Waals surface area contributed by atoms with E-state index in [-0.39, 0.29) is 49.1 Å². The van der Waals surface area contributed by atoms with Gasteiger partial charge in [-0.15, -0.1) is 0 Å². The molecule has 1 unspecified atom stereocenters. The van der Waals surface area contributed by atoms with Gasteiger partial charge in [0, 0.05) is 43.4 Å². The number of nitrogens with one attached hydrogen (secondary N) is 1. The summed E-state index contributed by atoms with van der Waals surface area (Å²) in [5, 5.41) is 4.48. The Labute approximate surface area is 252 Å². The van der Waals surface area contributed by atoms with Crippen molar-refractivity contribution in [2.75, 3.05) is 17.4 Å². The van der Waals surface area contributed by atoms with Crippen LogP contribution in [0.2, 0.25) is 0 Å². The lowest BCUT2D eigenvalue weighted by Gasteiger charge is -2.32. The molecule has 9 heteroatoms. The Hall–Kier alpha value is -4.24. The first kappa shape index (κ1) is 30.2. The number of rotatable bonds is 13. The van der Waals surface area contributed by atoms with Crippen LogP contribution in [0.5, 0.6) is 0 Å². The summed E-state index contributed by atoms with van der Waals surface area (Å²) in [6.07, 6.45) is 2.17. The molecule has 5 rings (SSSR count). The molecule has 0 aromatic heterocycles. The summed E-state index contributed by atoms with van der Waals surface area (Å²) in [5.74, 6) is -1.10. The SMILES string of the molecule is CCCCNC(=O)C(Cc1ccccc1)N(Cc1ccccc1F)C(=O)CCCN1c2cccc3cccc(c23)S1(=O)=O. The predicted octanol–water partition coefficient (Wildman–Crippen LogP) is 5.82. The Morgan fingerprint density at radius 3 is 2.37 bits per heavy atom. The number of carbonyl (C=O) groups excluding carboxylic acids is 2. The predicted molar refractivity (Wildman–Crippen MR) is 167 cm³/mol. The van der Waals surface area contributed by atoms with Crippen molar-refractivity contribution in [2.24, 2.45) is 0 Å². The molecule has 4 aromatic carbocycles. The highest BCUT2D eigenvalue weighted by Gasteiger charge is 2.36. The van der Waals surface area contributed by atoms with E-state index < -0.39 is 21.9 Å². The molecule has 1 aliphatic heterocycles. The number of sulfonamides is 1. The van der Waals surface area contributed by atoms with Crippen LogP contribution in [-0.4, -0.2) is 44.3 Å². The Morgan fingerprint density at radius 2 is 1.63 bits per heavy atom. The van der Waals surface area contributed by atoms with Gasteiger partial charge in [0.15, 0.2) is 0 Å². The minimum Gasteiger partial charge on any atom is -0.354 e. The van der Waals surface area contributed by atoms with Gasteiger partial charge in [0.25, 0.3) is 10.0 Å². The lowest BCUT2D eigenvalue weighted by atomic mass is 10.0. The maximum atomic E-state index is 14.8. The third-order valence-corrected chi connectivity index (χ3v) is 9.69. The topological polar surface area (TPSA) is 86.8 Å². The molecule has 0 aliphatic carbocycles. The summed E-state index contributed by atoms with van der Waals surface area (Å²) < 4.78 is 43.0. The number of anilines is 1. The van der Waals surface area contributed by atoms with Gasteiger partial charge in [-0.25, -0.2) is 12.8 Å². The van der Waals surface area contributed by atoms with Gasteiger partial charge in [-0.05, 0) is 42.0 Å². The largest absolute Gasteiger partial charge is 0.354 e. The van der Waals surface area contributed by atoms with E-state index in [1.807, 2.05) is 55.5 Å². The van der Waals surface area contributed by atoms with Crippen molar-refractivity contribution in [3.63, 3.8) is 0 Å². The van der Waals surface area contributed by atoms with Crippen LogP contribution in [0.4, 0.5) is 10.1 Å². The Bertz CT molecular complexity index is 1710. The summed E-state index contributed by atoms with van der Waals surface area (Å²) in [7, 11) is -3.76. The molecule has 224 valence electrons. The zero-order chi connectivity index (χ0) is 30.4. The highest BCUT2D eigenvalue weighted by Crippen LogP contribution is 2.42. The van der Waals surface area contributed by atoms with Gasteiger partial charge in [-0.1, -0.05) is 86.1 Å². The van der Waals surface area contributed by atoms with Crippen LogP contribution in [0.1, 0.15) is 43.7 Å². The fourth-order valence-electron chi connectivity index (χ4n) is 5.59. The summed E-state index contributed by atoms with van der Waals surface area (Å²) in [6, 6.07) is 25.5. The first-order valence-corrected chi connectivity index (χ1v) is 16.1. The van der Waals surface area contributed by atoms with E-state index in [1.165, 1.54) is 15.3 Å². The smallest absolute Gasteiger partial charge is 0.265 e. The maximum Gasteiger partial charge on any atom is 0.265 e. The molecule has 0 saturated heterocycles. The molecule has 0 bridgehead atoms. The molecule has 43 heavy (non-hydrogen) atoms. The van der Waals surface area contributed by atoms with Crippen LogP contribution < -0.4 is 9.62 Å². The number of hydrogen-bond acceptors (Lipinski definition) is 4. The minimum atomic E-state index is -3.76. The number of hydrogen-bond donors (Lipinski definition) is 1. The molecule has 0 radical (unpaired) electrons. The number of unbranched alkanes of at least 4 members (excludes halogenated alkanes) is 1. The van der Waals surface area contributed by atoms with Gasteiger partial charge in [-0.3, -0.25) is 13.9 Å². The number of carbonyl (C=O) groups is 2. The summed E-state index contributed by atoms with van der Waals surface area (Å²) in [6.45, 7) is 2.51. The second-order valence-corrected chi connectivity index (χ2v) is 12.6. The fourth-order valence-corrected chi connectivity index (χ4v) is 7.34. The molecule has 7 nitrogen and oxygen atoms in total.